The molecule has 96 valence electrons. The molecule has 18 heavy (non-hydrogen) atoms. The zero-order valence-corrected chi connectivity index (χ0v) is 11.3. The quantitative estimate of drug-likeness (QED) is 0.809. The van der Waals surface area contributed by atoms with Gasteiger partial charge in [-0.1, -0.05) is 26.8 Å². The number of phenolic OH excluding ortho intramolecular Hbond substituents is 1. The summed E-state index contributed by atoms with van der Waals surface area (Å²) in [5.41, 5.74) is 3.02. The Labute approximate surface area is 108 Å². The van der Waals surface area contributed by atoms with Gasteiger partial charge in [0.25, 0.3) is 0 Å². The molecule has 0 aliphatic carbocycles. The summed E-state index contributed by atoms with van der Waals surface area (Å²) in [6, 6.07) is 3.67. The van der Waals surface area contributed by atoms with E-state index < -0.39 is 0 Å². The highest BCUT2D eigenvalue weighted by atomic mass is 16.3. The molecule has 0 amide bonds. The number of phenols is 1. The van der Waals surface area contributed by atoms with Gasteiger partial charge in [-0.2, -0.15) is 0 Å². The van der Waals surface area contributed by atoms with Crippen LogP contribution in [0.15, 0.2) is 35.5 Å². The second-order valence-corrected chi connectivity index (χ2v) is 5.93. The van der Waals surface area contributed by atoms with E-state index in [4.69, 9.17) is 4.42 Å². The second kappa shape index (κ2) is 4.52. The van der Waals surface area contributed by atoms with E-state index in [0.29, 0.717) is 6.42 Å². The van der Waals surface area contributed by atoms with E-state index in [9.17, 15) is 5.11 Å². The lowest BCUT2D eigenvalue weighted by Crippen LogP contribution is -2.08. The molecule has 1 aromatic carbocycles. The molecule has 2 rings (SSSR count). The third kappa shape index (κ3) is 2.42. The molecule has 0 unspecified atom stereocenters. The molecule has 1 aromatic heterocycles. The lowest BCUT2D eigenvalue weighted by molar-refractivity contribution is 0.410. The van der Waals surface area contributed by atoms with Crippen LogP contribution in [0.25, 0.3) is 11.0 Å². The molecule has 2 nitrogen and oxygen atoms in total. The van der Waals surface area contributed by atoms with Crippen LogP contribution in [-0.2, 0) is 12.8 Å². The van der Waals surface area contributed by atoms with E-state index in [1.807, 2.05) is 12.3 Å². The van der Waals surface area contributed by atoms with Crippen LogP contribution >= 0.6 is 0 Å². The Kier molecular flexibility index (Phi) is 3.20. The summed E-state index contributed by atoms with van der Waals surface area (Å²) in [6.07, 6.45) is 5.16. The molecule has 0 bridgehead atoms. The molecule has 0 aliphatic rings. The highest BCUT2D eigenvalue weighted by Crippen LogP contribution is 2.34. The van der Waals surface area contributed by atoms with Crippen LogP contribution in [0.2, 0.25) is 0 Å². The summed E-state index contributed by atoms with van der Waals surface area (Å²) in [5, 5.41) is 11.0. The molecule has 0 saturated carbocycles. The van der Waals surface area contributed by atoms with E-state index in [0.717, 1.165) is 23.0 Å². The number of furan rings is 1. The first kappa shape index (κ1) is 12.7. The third-order valence-electron chi connectivity index (χ3n) is 2.97. The molecular formula is C16H20O2. The van der Waals surface area contributed by atoms with Crippen molar-refractivity contribution in [1.82, 2.24) is 0 Å². The van der Waals surface area contributed by atoms with Crippen molar-refractivity contribution >= 4 is 11.0 Å². The molecule has 0 atom stereocenters. The fourth-order valence-electron chi connectivity index (χ4n) is 2.25. The van der Waals surface area contributed by atoms with E-state index in [2.05, 4.69) is 27.4 Å². The Balaban J connectivity index is 2.54. The van der Waals surface area contributed by atoms with E-state index in [1.165, 1.54) is 5.56 Å². The van der Waals surface area contributed by atoms with Crippen molar-refractivity contribution in [3.8, 4) is 5.75 Å². The van der Waals surface area contributed by atoms with Crippen molar-refractivity contribution in [2.24, 2.45) is 5.41 Å². The van der Waals surface area contributed by atoms with Gasteiger partial charge in [0, 0.05) is 10.9 Å². The van der Waals surface area contributed by atoms with Gasteiger partial charge in [-0.05, 0) is 36.0 Å². The van der Waals surface area contributed by atoms with Crippen molar-refractivity contribution in [3.05, 3.63) is 42.2 Å². The molecule has 1 heterocycles. The van der Waals surface area contributed by atoms with Gasteiger partial charge >= 0.3 is 0 Å². The molecule has 0 fully saturated rings. The standard InChI is InChI=1S/C16H20O2/c1-5-6-13-14(17)8-7-12-11(9-16(2,3)4)10-18-15(12)13/h5,7-8,10,17H,1,6,9H2,2-4H3. The molecule has 2 heteroatoms. The molecular weight excluding hydrogens is 224 g/mol. The third-order valence-corrected chi connectivity index (χ3v) is 2.97. The minimum atomic E-state index is 0.216. The van der Waals surface area contributed by atoms with Gasteiger partial charge in [-0.3, -0.25) is 0 Å². The van der Waals surface area contributed by atoms with Crippen LogP contribution in [0, 0.1) is 5.41 Å². The van der Waals surface area contributed by atoms with E-state index in [1.54, 1.807) is 12.1 Å². The van der Waals surface area contributed by atoms with Crippen molar-refractivity contribution in [1.29, 1.82) is 0 Å². The van der Waals surface area contributed by atoms with E-state index in [-0.39, 0.29) is 11.2 Å². The Morgan fingerprint density at radius 3 is 2.67 bits per heavy atom. The number of rotatable bonds is 3. The highest BCUT2D eigenvalue weighted by Gasteiger charge is 2.17. The summed E-state index contributed by atoms with van der Waals surface area (Å²) >= 11 is 0. The smallest absolute Gasteiger partial charge is 0.141 e. The summed E-state index contributed by atoms with van der Waals surface area (Å²) in [4.78, 5) is 0. The zero-order chi connectivity index (χ0) is 13.3. The maximum Gasteiger partial charge on any atom is 0.141 e. The highest BCUT2D eigenvalue weighted by molar-refractivity contribution is 5.86. The Hall–Kier alpha value is -1.70. The predicted molar refractivity (Wildman–Crippen MR) is 74.9 cm³/mol. The maximum absolute atomic E-state index is 9.87. The van der Waals surface area contributed by atoms with Crippen LogP contribution in [-0.4, -0.2) is 5.11 Å². The lowest BCUT2D eigenvalue weighted by Gasteiger charge is -2.16. The normalized spacial score (nSPS) is 11.9. The Morgan fingerprint density at radius 1 is 1.33 bits per heavy atom. The number of hydrogen-bond acceptors (Lipinski definition) is 2. The zero-order valence-electron chi connectivity index (χ0n) is 11.3. The fourth-order valence-corrected chi connectivity index (χ4v) is 2.25. The van der Waals surface area contributed by atoms with Crippen molar-refractivity contribution < 1.29 is 9.52 Å². The predicted octanol–water partition coefficient (Wildman–Crippen LogP) is 4.46. The van der Waals surface area contributed by atoms with Gasteiger partial charge in [0.15, 0.2) is 0 Å². The van der Waals surface area contributed by atoms with Crippen LogP contribution in [0.3, 0.4) is 0 Å². The van der Waals surface area contributed by atoms with Gasteiger partial charge in [-0.25, -0.2) is 0 Å². The molecule has 1 N–H and O–H groups in total. The average Bonchev–Trinajstić information content (AvgIpc) is 2.64. The number of hydrogen-bond donors (Lipinski definition) is 1. The summed E-state index contributed by atoms with van der Waals surface area (Å²) < 4.78 is 5.65. The first-order chi connectivity index (χ1) is 8.42. The van der Waals surface area contributed by atoms with Crippen molar-refractivity contribution in [2.75, 3.05) is 0 Å². The van der Waals surface area contributed by atoms with Crippen LogP contribution in [0.5, 0.6) is 5.75 Å². The average molecular weight is 244 g/mol. The van der Waals surface area contributed by atoms with Crippen molar-refractivity contribution in [3.63, 3.8) is 0 Å². The SMILES string of the molecule is C=CCc1c(O)ccc2c(CC(C)(C)C)coc12. The van der Waals surface area contributed by atoms with E-state index >= 15 is 0 Å². The fraction of sp³-hybridized carbons (Fsp3) is 0.375. The Bertz CT molecular complexity index is 571. The van der Waals surface area contributed by atoms with Crippen molar-refractivity contribution in [2.45, 2.75) is 33.6 Å². The number of fused-ring (bicyclic) bond motifs is 1. The number of benzene rings is 1. The van der Waals surface area contributed by atoms with Gasteiger partial charge in [0.05, 0.1) is 6.26 Å². The van der Waals surface area contributed by atoms with Crippen LogP contribution in [0.1, 0.15) is 31.9 Å². The number of aromatic hydroxyl groups is 1. The first-order valence-electron chi connectivity index (χ1n) is 6.24. The largest absolute Gasteiger partial charge is 0.508 e. The molecule has 0 saturated heterocycles. The van der Waals surface area contributed by atoms with Gasteiger partial charge in [-0.15, -0.1) is 6.58 Å². The molecule has 0 aliphatic heterocycles. The van der Waals surface area contributed by atoms with Gasteiger partial charge in [0.1, 0.15) is 11.3 Å². The summed E-state index contributed by atoms with van der Waals surface area (Å²) in [5.74, 6) is 0.277. The monoisotopic (exact) mass is 244 g/mol. The molecule has 0 radical (unpaired) electrons. The topological polar surface area (TPSA) is 33.4 Å². The van der Waals surface area contributed by atoms with Crippen LogP contribution in [0.4, 0.5) is 0 Å². The maximum atomic E-state index is 9.87. The minimum absolute atomic E-state index is 0.216. The number of allylic oxidation sites excluding steroid dienone is 1. The minimum Gasteiger partial charge on any atom is -0.508 e. The molecule has 2 aromatic rings. The summed E-state index contributed by atoms with van der Waals surface area (Å²) in [6.45, 7) is 10.3. The van der Waals surface area contributed by atoms with Gasteiger partial charge in [0.2, 0.25) is 0 Å². The molecule has 0 spiro atoms. The first-order valence-corrected chi connectivity index (χ1v) is 6.24. The summed E-state index contributed by atoms with van der Waals surface area (Å²) in [7, 11) is 0. The Morgan fingerprint density at radius 2 is 2.06 bits per heavy atom. The van der Waals surface area contributed by atoms with Crippen LogP contribution < -0.4 is 0 Å². The lowest BCUT2D eigenvalue weighted by atomic mass is 9.88. The van der Waals surface area contributed by atoms with Gasteiger partial charge < -0.3 is 9.52 Å². The second-order valence-electron chi connectivity index (χ2n) is 5.93.